The number of halogens is 2. The molecule has 6 rings (SSSR count). The molecule has 444 valence electrons. The number of carbonyl (C=O) groups excluding carboxylic acids is 6. The summed E-state index contributed by atoms with van der Waals surface area (Å²) in [5.41, 5.74) is 10.8. The maximum absolute atomic E-state index is 12.5. The topological polar surface area (TPSA) is 176 Å². The van der Waals surface area contributed by atoms with Crippen molar-refractivity contribution >= 4 is 103 Å². The molecule has 6 aromatic rings. The molecule has 2 aromatic heterocycles. The van der Waals surface area contributed by atoms with Crippen LogP contribution in [0.25, 0.3) is 0 Å². The number of amides is 4. The van der Waals surface area contributed by atoms with Crippen LogP contribution >= 0.6 is 46.7 Å². The first kappa shape index (κ1) is 68.7. The van der Waals surface area contributed by atoms with Gasteiger partial charge in [-0.05, 0) is 140 Å². The van der Waals surface area contributed by atoms with Gasteiger partial charge < -0.3 is 21.3 Å². The predicted octanol–water partition coefficient (Wildman–Crippen LogP) is 13.7. The molecule has 4 aromatic carbocycles. The maximum atomic E-state index is 12.5. The van der Waals surface area contributed by atoms with Crippen LogP contribution in [0.15, 0.2) is 109 Å². The highest BCUT2D eigenvalue weighted by Crippen LogP contribution is 2.31. The minimum atomic E-state index is -0.305. The number of alkyl halides is 2. The summed E-state index contributed by atoms with van der Waals surface area (Å²) < 4.78 is 0. The minimum Gasteiger partial charge on any atom is -0.324 e. The Morgan fingerprint density at radius 3 is 0.814 bits per heavy atom. The fourth-order valence-electron chi connectivity index (χ4n) is 7.64. The summed E-state index contributed by atoms with van der Waals surface area (Å²) in [4.78, 5) is 80.7. The number of benzene rings is 4. The van der Waals surface area contributed by atoms with E-state index < -0.39 is 0 Å². The van der Waals surface area contributed by atoms with E-state index in [1.165, 1.54) is 13.8 Å². The van der Waals surface area contributed by atoms with E-state index in [-0.39, 0.29) is 78.8 Å². The van der Waals surface area contributed by atoms with Gasteiger partial charge in [0.1, 0.15) is 34.5 Å². The SMILES string of the molecule is CC(=O)SCC(=O)Nc1ccc(C(C)(C)C)cc1C#Cc1cccc(C#Cc2cc(C(C)(C)C)ccc2NC(=O)CSC(C)=O)n1.CC(C)(C)c1ccc(NC(=O)CCl)c(C#Cc2cccc(C#Cc3cc(C(C)(C)C)ccc3NC(=O)CCl)n2)c1. The average Bonchev–Trinajstić information content (AvgIpc) is 2.72. The van der Waals surface area contributed by atoms with Crippen molar-refractivity contribution < 1.29 is 28.8 Å². The lowest BCUT2D eigenvalue weighted by Crippen LogP contribution is -2.17. The zero-order valence-electron chi connectivity index (χ0n) is 51.1. The van der Waals surface area contributed by atoms with E-state index in [2.05, 4.69) is 162 Å². The zero-order chi connectivity index (χ0) is 63.6. The lowest BCUT2D eigenvalue weighted by molar-refractivity contribution is -0.114. The van der Waals surface area contributed by atoms with Gasteiger partial charge in [-0.3, -0.25) is 28.8 Å². The molecule has 0 saturated carbocycles. The number of nitrogens with one attached hydrogen (secondary N) is 4. The Hall–Kier alpha value is -8.08. The van der Waals surface area contributed by atoms with Gasteiger partial charge in [0, 0.05) is 36.1 Å². The van der Waals surface area contributed by atoms with Crippen LogP contribution in [0.1, 0.15) is 164 Å². The van der Waals surface area contributed by atoms with Gasteiger partial charge in [0.25, 0.3) is 0 Å². The van der Waals surface area contributed by atoms with Crippen LogP contribution in [0.4, 0.5) is 22.7 Å². The first-order chi connectivity index (χ1) is 40.3. The van der Waals surface area contributed by atoms with Crippen molar-refractivity contribution in [1.29, 1.82) is 0 Å². The van der Waals surface area contributed by atoms with E-state index in [1.807, 2.05) is 84.9 Å². The van der Waals surface area contributed by atoms with Gasteiger partial charge in [0.2, 0.25) is 23.6 Å². The molecular weight excluding hydrogens is 1160 g/mol. The molecule has 0 spiro atoms. The summed E-state index contributed by atoms with van der Waals surface area (Å²) in [6.45, 7) is 28.2. The Morgan fingerprint density at radius 2 is 0.605 bits per heavy atom. The minimum absolute atomic E-state index is 0.0208. The number of nitrogens with zero attached hydrogens (tertiary/aromatic N) is 2. The molecule has 4 N–H and O–H groups in total. The van der Waals surface area contributed by atoms with E-state index >= 15 is 0 Å². The van der Waals surface area contributed by atoms with Gasteiger partial charge in [-0.25, -0.2) is 9.97 Å². The number of carbonyl (C=O) groups is 6. The van der Waals surface area contributed by atoms with Crippen LogP contribution in [-0.4, -0.2) is 67.1 Å². The van der Waals surface area contributed by atoms with E-state index in [0.29, 0.717) is 67.8 Å². The van der Waals surface area contributed by atoms with Gasteiger partial charge >= 0.3 is 0 Å². The summed E-state index contributed by atoms with van der Waals surface area (Å²) in [6.07, 6.45) is 0. The molecule has 0 fully saturated rings. The summed E-state index contributed by atoms with van der Waals surface area (Å²) in [7, 11) is 0. The molecule has 0 aliphatic rings. The van der Waals surface area contributed by atoms with Crippen molar-refractivity contribution in [2.75, 3.05) is 44.5 Å². The zero-order valence-corrected chi connectivity index (χ0v) is 54.3. The Balaban J connectivity index is 0.000000317. The van der Waals surface area contributed by atoms with Gasteiger partial charge in [0.05, 0.1) is 34.3 Å². The van der Waals surface area contributed by atoms with Crippen LogP contribution < -0.4 is 21.3 Å². The van der Waals surface area contributed by atoms with Crippen molar-refractivity contribution in [3.05, 3.63) is 176 Å². The Labute approximate surface area is 525 Å². The van der Waals surface area contributed by atoms with Gasteiger partial charge in [-0.15, -0.1) is 23.2 Å². The van der Waals surface area contributed by atoms with E-state index in [4.69, 9.17) is 23.2 Å². The van der Waals surface area contributed by atoms with Crippen LogP contribution in [0, 0.1) is 47.4 Å². The highest BCUT2D eigenvalue weighted by atomic mass is 35.5. The molecule has 16 heteroatoms. The number of aromatic nitrogens is 2. The van der Waals surface area contributed by atoms with Gasteiger partial charge in [-0.2, -0.15) is 0 Å². The third kappa shape index (κ3) is 22.4. The number of hydrogen-bond acceptors (Lipinski definition) is 10. The Morgan fingerprint density at radius 1 is 0.372 bits per heavy atom. The fraction of sp³-hybridized carbons (Fsp3) is 0.314. The Bertz CT molecular complexity index is 3580. The van der Waals surface area contributed by atoms with Crippen molar-refractivity contribution in [2.45, 2.75) is 119 Å². The summed E-state index contributed by atoms with van der Waals surface area (Å²) in [5.74, 6) is 23.6. The lowest BCUT2D eigenvalue weighted by atomic mass is 9.86. The average molecular weight is 1230 g/mol. The molecular formula is C70H72Cl2N6O6S2. The molecule has 0 saturated heterocycles. The number of thioether (sulfide) groups is 2. The van der Waals surface area contributed by atoms with Crippen molar-refractivity contribution in [3.8, 4) is 47.4 Å². The van der Waals surface area contributed by atoms with Crippen LogP contribution in [0.2, 0.25) is 0 Å². The summed E-state index contributed by atoms with van der Waals surface area (Å²) in [6, 6.07) is 33.9. The number of pyridine rings is 2. The monoisotopic (exact) mass is 1230 g/mol. The van der Waals surface area contributed by atoms with Crippen molar-refractivity contribution in [3.63, 3.8) is 0 Å². The van der Waals surface area contributed by atoms with Crippen molar-refractivity contribution in [1.82, 2.24) is 9.97 Å². The predicted molar refractivity (Wildman–Crippen MR) is 355 cm³/mol. The molecule has 0 atom stereocenters. The first-order valence-electron chi connectivity index (χ1n) is 27.5. The molecule has 0 radical (unpaired) electrons. The summed E-state index contributed by atoms with van der Waals surface area (Å²) in [5, 5.41) is 11.1. The molecule has 0 bridgehead atoms. The second kappa shape index (κ2) is 30.8. The maximum Gasteiger partial charge on any atom is 0.239 e. The standard InChI is InChI=1S/C37H39N3O4S2.C33H33Cl2N3O2/c1-24(41)45-22-34(43)39-32-18-14-28(36(3,4)5)20-26(32)12-16-30-10-9-11-31(38-30)17-13-27-21-29(37(6,7)8)15-19-33(27)40-35(44)23-46-25(2)42;1-32(2,3)24-12-16-28(37-30(39)20-34)22(18-24)10-14-26-8-7-9-27(36-26)15-11-23-19-25(33(4,5)6)13-17-29(23)38-31(40)21-35/h9-11,14-15,18-21H,22-23H2,1-8H3,(H,39,43)(H,40,44);7-9,12-13,16-19H,20-21H2,1-6H3,(H,37,39)(H,38,40). The van der Waals surface area contributed by atoms with E-state index in [1.54, 1.807) is 24.3 Å². The van der Waals surface area contributed by atoms with E-state index in [9.17, 15) is 28.8 Å². The fourth-order valence-corrected chi connectivity index (χ4v) is 8.59. The number of anilines is 4. The quantitative estimate of drug-likeness (QED) is 0.0763. The van der Waals surface area contributed by atoms with Crippen LogP contribution in [0.5, 0.6) is 0 Å². The Kier molecular flexibility index (Phi) is 24.6. The van der Waals surface area contributed by atoms with E-state index in [0.717, 1.165) is 45.8 Å². The molecule has 12 nitrogen and oxygen atoms in total. The molecule has 0 unspecified atom stereocenters. The smallest absolute Gasteiger partial charge is 0.239 e. The van der Waals surface area contributed by atoms with Gasteiger partial charge in [0.15, 0.2) is 10.2 Å². The molecule has 86 heavy (non-hydrogen) atoms. The van der Waals surface area contributed by atoms with Crippen LogP contribution in [-0.2, 0) is 50.4 Å². The number of hydrogen-bond donors (Lipinski definition) is 4. The van der Waals surface area contributed by atoms with Gasteiger partial charge in [-0.1, -0.05) is 167 Å². The van der Waals surface area contributed by atoms with Crippen molar-refractivity contribution in [2.24, 2.45) is 0 Å². The lowest BCUT2D eigenvalue weighted by Gasteiger charge is -2.20. The third-order valence-corrected chi connectivity index (χ3v) is 14.6. The number of rotatable bonds is 10. The highest BCUT2D eigenvalue weighted by molar-refractivity contribution is 8.14. The second-order valence-electron chi connectivity index (χ2n) is 23.9. The molecule has 4 amide bonds. The molecule has 0 aliphatic heterocycles. The van der Waals surface area contributed by atoms with Crippen LogP contribution in [0.3, 0.4) is 0 Å². The summed E-state index contributed by atoms with van der Waals surface area (Å²) >= 11 is 13.3. The second-order valence-corrected chi connectivity index (χ2v) is 26.7. The molecule has 0 aliphatic carbocycles. The normalized spacial score (nSPS) is 11.0. The largest absolute Gasteiger partial charge is 0.324 e. The first-order valence-corrected chi connectivity index (χ1v) is 30.5. The third-order valence-electron chi connectivity index (χ3n) is 12.5. The molecule has 2 heterocycles. The highest BCUT2D eigenvalue weighted by Gasteiger charge is 2.20.